The van der Waals surface area contributed by atoms with Crippen LogP contribution in [-0.2, 0) is 4.74 Å². The van der Waals surface area contributed by atoms with Gasteiger partial charge < -0.3 is 15.4 Å². The van der Waals surface area contributed by atoms with E-state index in [1.165, 1.54) is 31.4 Å². The highest BCUT2D eigenvalue weighted by Crippen LogP contribution is 2.34. The molecule has 3 unspecified atom stereocenters. The van der Waals surface area contributed by atoms with Crippen molar-refractivity contribution >= 4 is 17.3 Å². The molecule has 4 heteroatoms. The third-order valence-corrected chi connectivity index (χ3v) is 4.87. The lowest BCUT2D eigenvalue weighted by Crippen LogP contribution is -2.52. The van der Waals surface area contributed by atoms with Crippen molar-refractivity contribution in [3.05, 3.63) is 28.8 Å². The monoisotopic (exact) mass is 294 g/mol. The van der Waals surface area contributed by atoms with Crippen molar-refractivity contribution in [3.63, 3.8) is 0 Å². The van der Waals surface area contributed by atoms with E-state index in [0.717, 1.165) is 23.7 Å². The molecule has 3 rings (SSSR count). The van der Waals surface area contributed by atoms with Crippen LogP contribution in [0.15, 0.2) is 18.2 Å². The highest BCUT2D eigenvalue weighted by atomic mass is 35.5. The number of anilines is 1. The van der Waals surface area contributed by atoms with Crippen molar-refractivity contribution in [3.8, 4) is 0 Å². The highest BCUT2D eigenvalue weighted by molar-refractivity contribution is 6.31. The molecule has 1 heterocycles. The van der Waals surface area contributed by atoms with Gasteiger partial charge in [-0.1, -0.05) is 30.5 Å². The minimum atomic E-state index is -0.0244. The van der Waals surface area contributed by atoms with E-state index in [1.54, 1.807) is 0 Å². The minimum absolute atomic E-state index is 0.0244. The van der Waals surface area contributed by atoms with Crippen molar-refractivity contribution in [2.24, 2.45) is 5.73 Å². The van der Waals surface area contributed by atoms with Crippen molar-refractivity contribution < 1.29 is 4.74 Å². The minimum Gasteiger partial charge on any atom is -0.374 e. The number of rotatable bonds is 2. The summed E-state index contributed by atoms with van der Waals surface area (Å²) in [5, 5.41) is 0.774. The first kappa shape index (κ1) is 14.2. The standard InChI is InChI=1S/C16H23ClN2O/c1-11(18)13-7-6-12(10-14(13)17)19-8-9-20-16-5-3-2-4-15(16)19/h6-7,10-11,15-16H,2-5,8-9,18H2,1H3. The summed E-state index contributed by atoms with van der Waals surface area (Å²) >= 11 is 6.38. The fraction of sp³-hybridized carbons (Fsp3) is 0.625. The molecule has 2 N–H and O–H groups in total. The number of hydrogen-bond acceptors (Lipinski definition) is 3. The molecule has 2 fully saturated rings. The number of benzene rings is 1. The molecule has 0 amide bonds. The van der Waals surface area contributed by atoms with E-state index in [0.29, 0.717) is 12.1 Å². The number of halogens is 1. The number of fused-ring (bicyclic) bond motifs is 1. The maximum Gasteiger partial charge on any atom is 0.0779 e. The highest BCUT2D eigenvalue weighted by Gasteiger charge is 2.34. The predicted octanol–water partition coefficient (Wildman–Crippen LogP) is 3.51. The van der Waals surface area contributed by atoms with Crippen LogP contribution in [0.2, 0.25) is 5.02 Å². The molecule has 0 radical (unpaired) electrons. The Morgan fingerprint density at radius 2 is 2.15 bits per heavy atom. The number of hydrogen-bond donors (Lipinski definition) is 1. The first-order valence-corrected chi connectivity index (χ1v) is 7.98. The molecule has 0 spiro atoms. The first-order chi connectivity index (χ1) is 9.66. The Morgan fingerprint density at radius 3 is 2.90 bits per heavy atom. The molecule has 1 saturated carbocycles. The zero-order valence-electron chi connectivity index (χ0n) is 12.0. The molecule has 0 aromatic heterocycles. The fourth-order valence-corrected chi connectivity index (χ4v) is 3.83. The molecule has 20 heavy (non-hydrogen) atoms. The van der Waals surface area contributed by atoms with E-state index in [2.05, 4.69) is 23.1 Å². The molecule has 1 saturated heterocycles. The van der Waals surface area contributed by atoms with Crippen molar-refractivity contribution in [2.75, 3.05) is 18.1 Å². The van der Waals surface area contributed by atoms with Gasteiger partial charge >= 0.3 is 0 Å². The molecular weight excluding hydrogens is 272 g/mol. The molecule has 1 aromatic carbocycles. The molecule has 110 valence electrons. The molecule has 2 aliphatic rings. The Kier molecular flexibility index (Phi) is 4.20. The van der Waals surface area contributed by atoms with Gasteiger partial charge in [0.2, 0.25) is 0 Å². The topological polar surface area (TPSA) is 38.5 Å². The third-order valence-electron chi connectivity index (χ3n) is 4.54. The van der Waals surface area contributed by atoms with Gasteiger partial charge in [-0.2, -0.15) is 0 Å². The predicted molar refractivity (Wildman–Crippen MR) is 83.4 cm³/mol. The Morgan fingerprint density at radius 1 is 1.35 bits per heavy atom. The molecule has 1 aliphatic carbocycles. The van der Waals surface area contributed by atoms with Crippen LogP contribution < -0.4 is 10.6 Å². The summed E-state index contributed by atoms with van der Waals surface area (Å²) in [4.78, 5) is 2.48. The lowest BCUT2D eigenvalue weighted by atomic mass is 9.89. The smallest absolute Gasteiger partial charge is 0.0779 e. The number of morpholine rings is 1. The van der Waals surface area contributed by atoms with Gasteiger partial charge in [0, 0.05) is 23.3 Å². The summed E-state index contributed by atoms with van der Waals surface area (Å²) < 4.78 is 5.93. The number of nitrogens with two attached hydrogens (primary N) is 1. The maximum atomic E-state index is 6.38. The van der Waals surface area contributed by atoms with Gasteiger partial charge in [0.05, 0.1) is 18.8 Å². The van der Waals surface area contributed by atoms with Crippen LogP contribution in [0.25, 0.3) is 0 Å². The van der Waals surface area contributed by atoms with E-state index >= 15 is 0 Å². The Bertz CT molecular complexity index is 476. The Hall–Kier alpha value is -0.770. The van der Waals surface area contributed by atoms with Gasteiger partial charge in [0.1, 0.15) is 0 Å². The van der Waals surface area contributed by atoms with Crippen LogP contribution >= 0.6 is 11.6 Å². The van der Waals surface area contributed by atoms with Crippen molar-refractivity contribution in [1.82, 2.24) is 0 Å². The van der Waals surface area contributed by atoms with Crippen LogP contribution in [0, 0.1) is 0 Å². The molecular formula is C16H23ClN2O. The number of nitrogens with zero attached hydrogens (tertiary/aromatic N) is 1. The second-order valence-corrected chi connectivity index (χ2v) is 6.36. The maximum absolute atomic E-state index is 6.38. The van der Waals surface area contributed by atoms with E-state index in [9.17, 15) is 0 Å². The van der Waals surface area contributed by atoms with E-state index in [4.69, 9.17) is 22.1 Å². The normalized spacial score (nSPS) is 28.1. The van der Waals surface area contributed by atoms with Crippen LogP contribution in [-0.4, -0.2) is 25.3 Å². The lowest BCUT2D eigenvalue weighted by Gasteiger charge is -2.45. The van der Waals surface area contributed by atoms with Crippen LogP contribution in [0.5, 0.6) is 0 Å². The molecule has 1 aliphatic heterocycles. The first-order valence-electron chi connectivity index (χ1n) is 7.60. The van der Waals surface area contributed by atoms with E-state index in [-0.39, 0.29) is 6.04 Å². The summed E-state index contributed by atoms with van der Waals surface area (Å²) in [6, 6.07) is 6.77. The average Bonchev–Trinajstić information content (AvgIpc) is 2.46. The summed E-state index contributed by atoms with van der Waals surface area (Å²) in [6.45, 7) is 3.73. The summed E-state index contributed by atoms with van der Waals surface area (Å²) in [5.74, 6) is 0. The van der Waals surface area contributed by atoms with Crippen LogP contribution in [0.1, 0.15) is 44.2 Å². The summed E-state index contributed by atoms with van der Waals surface area (Å²) in [7, 11) is 0. The van der Waals surface area contributed by atoms with Crippen molar-refractivity contribution in [1.29, 1.82) is 0 Å². The summed E-state index contributed by atoms with van der Waals surface area (Å²) in [6.07, 6.45) is 5.39. The SMILES string of the molecule is CC(N)c1ccc(N2CCOC3CCCCC32)cc1Cl. The fourth-order valence-electron chi connectivity index (χ4n) is 3.48. The second-order valence-electron chi connectivity index (χ2n) is 5.95. The lowest BCUT2D eigenvalue weighted by molar-refractivity contribution is -0.00867. The molecule has 3 nitrogen and oxygen atoms in total. The van der Waals surface area contributed by atoms with Gasteiger partial charge in [-0.25, -0.2) is 0 Å². The van der Waals surface area contributed by atoms with Gasteiger partial charge in [-0.05, 0) is 37.5 Å². The van der Waals surface area contributed by atoms with Crippen LogP contribution in [0.3, 0.4) is 0 Å². The van der Waals surface area contributed by atoms with Crippen LogP contribution in [0.4, 0.5) is 5.69 Å². The Labute approximate surface area is 126 Å². The van der Waals surface area contributed by atoms with Gasteiger partial charge in [-0.3, -0.25) is 0 Å². The zero-order chi connectivity index (χ0) is 14.1. The van der Waals surface area contributed by atoms with E-state index < -0.39 is 0 Å². The van der Waals surface area contributed by atoms with Gasteiger partial charge in [0.15, 0.2) is 0 Å². The summed E-state index contributed by atoms with van der Waals surface area (Å²) in [5.41, 5.74) is 8.16. The molecule has 0 bridgehead atoms. The largest absolute Gasteiger partial charge is 0.374 e. The third kappa shape index (κ3) is 2.67. The second kappa shape index (κ2) is 5.92. The number of ether oxygens (including phenoxy) is 1. The van der Waals surface area contributed by atoms with Gasteiger partial charge in [0.25, 0.3) is 0 Å². The van der Waals surface area contributed by atoms with E-state index in [1.807, 2.05) is 6.92 Å². The quantitative estimate of drug-likeness (QED) is 0.907. The molecule has 3 atom stereocenters. The Balaban J connectivity index is 1.85. The average molecular weight is 295 g/mol. The van der Waals surface area contributed by atoms with Crippen molar-refractivity contribution in [2.45, 2.75) is 50.8 Å². The zero-order valence-corrected chi connectivity index (χ0v) is 12.8. The molecule has 1 aromatic rings. The van der Waals surface area contributed by atoms with Gasteiger partial charge in [-0.15, -0.1) is 0 Å².